The Morgan fingerprint density at radius 1 is 0.864 bits per heavy atom. The van der Waals surface area contributed by atoms with Gasteiger partial charge in [0.1, 0.15) is 0 Å². The van der Waals surface area contributed by atoms with Crippen molar-refractivity contribution in [3.05, 3.63) is 49.1 Å². The third kappa shape index (κ3) is 2.53. The van der Waals surface area contributed by atoms with Crippen LogP contribution < -0.4 is 4.90 Å². The Kier molecular flexibility index (Phi) is 3.44. The maximum atomic E-state index is 4.45. The fourth-order valence-electron chi connectivity index (χ4n) is 2.88. The van der Waals surface area contributed by atoms with Gasteiger partial charge in [-0.2, -0.15) is 0 Å². The Morgan fingerprint density at radius 3 is 2.45 bits per heavy atom. The highest BCUT2D eigenvalue weighted by molar-refractivity contribution is 5.74. The normalized spacial score (nSPS) is 16.3. The Bertz CT molecular complexity index is 745. The molecule has 0 bridgehead atoms. The second kappa shape index (κ2) is 5.73. The smallest absolute Gasteiger partial charge is 0.225 e. The first kappa shape index (κ1) is 13.2. The summed E-state index contributed by atoms with van der Waals surface area (Å²) < 4.78 is 2.21. The summed E-state index contributed by atoms with van der Waals surface area (Å²) in [6.45, 7) is 4.80. The lowest BCUT2D eigenvalue weighted by atomic mass is 10.3. The molecule has 6 nitrogen and oxygen atoms in total. The van der Waals surface area contributed by atoms with Gasteiger partial charge < -0.3 is 9.47 Å². The van der Waals surface area contributed by atoms with Gasteiger partial charge in [-0.25, -0.2) is 15.0 Å². The molecule has 4 rings (SSSR count). The van der Waals surface area contributed by atoms with Gasteiger partial charge in [-0.05, 0) is 18.2 Å². The summed E-state index contributed by atoms with van der Waals surface area (Å²) in [6, 6.07) is 10.1. The number of piperazine rings is 1. The maximum Gasteiger partial charge on any atom is 0.225 e. The van der Waals surface area contributed by atoms with E-state index < -0.39 is 0 Å². The molecule has 2 aromatic heterocycles. The molecule has 0 unspecified atom stereocenters. The van der Waals surface area contributed by atoms with Gasteiger partial charge in [-0.15, -0.1) is 0 Å². The summed E-state index contributed by atoms with van der Waals surface area (Å²) in [5.74, 6) is 0.829. The van der Waals surface area contributed by atoms with Crippen molar-refractivity contribution in [2.75, 3.05) is 31.1 Å². The molecule has 0 atom stereocenters. The number of hydrogen-bond acceptors (Lipinski definition) is 5. The van der Waals surface area contributed by atoms with Crippen LogP contribution in [0, 0.1) is 0 Å². The highest BCUT2D eigenvalue weighted by Gasteiger charge is 2.19. The van der Waals surface area contributed by atoms with Gasteiger partial charge in [0.15, 0.2) is 0 Å². The molecule has 6 heteroatoms. The van der Waals surface area contributed by atoms with Crippen molar-refractivity contribution in [2.45, 2.75) is 6.67 Å². The zero-order chi connectivity index (χ0) is 14.8. The Morgan fingerprint density at radius 2 is 1.64 bits per heavy atom. The first-order chi connectivity index (χ1) is 10.9. The third-order valence-electron chi connectivity index (χ3n) is 4.09. The number of fused-ring (bicyclic) bond motifs is 1. The molecule has 0 radical (unpaired) electrons. The molecular formula is C16H18N6. The number of nitrogens with zero attached hydrogens (tertiary/aromatic N) is 6. The molecule has 0 spiro atoms. The minimum absolute atomic E-state index is 0.829. The molecular weight excluding hydrogens is 276 g/mol. The topological polar surface area (TPSA) is 50.1 Å². The SMILES string of the molecule is c1cnc(N2CCN(Cn3cnc4ccccc43)CC2)nc1. The van der Waals surface area contributed by atoms with Gasteiger partial charge in [0.2, 0.25) is 5.95 Å². The Balaban J connectivity index is 1.42. The molecule has 3 aromatic rings. The van der Waals surface area contributed by atoms with Crippen LogP contribution in [-0.2, 0) is 6.67 Å². The zero-order valence-electron chi connectivity index (χ0n) is 12.3. The number of hydrogen-bond donors (Lipinski definition) is 0. The van der Waals surface area contributed by atoms with Crippen LogP contribution in [0.3, 0.4) is 0 Å². The molecule has 1 fully saturated rings. The van der Waals surface area contributed by atoms with Gasteiger partial charge in [0, 0.05) is 38.6 Å². The van der Waals surface area contributed by atoms with Crippen LogP contribution in [0.2, 0.25) is 0 Å². The lowest BCUT2D eigenvalue weighted by Crippen LogP contribution is -2.47. The van der Waals surface area contributed by atoms with Crippen molar-refractivity contribution in [2.24, 2.45) is 0 Å². The van der Waals surface area contributed by atoms with E-state index in [1.54, 1.807) is 12.4 Å². The monoisotopic (exact) mass is 294 g/mol. The van der Waals surface area contributed by atoms with E-state index >= 15 is 0 Å². The number of benzene rings is 1. The zero-order valence-corrected chi connectivity index (χ0v) is 12.3. The van der Waals surface area contributed by atoms with Crippen molar-refractivity contribution in [3.8, 4) is 0 Å². The molecule has 1 saturated heterocycles. The Hall–Kier alpha value is -2.47. The van der Waals surface area contributed by atoms with Crippen LogP contribution in [0.1, 0.15) is 0 Å². The third-order valence-corrected chi connectivity index (χ3v) is 4.09. The maximum absolute atomic E-state index is 4.45. The first-order valence-corrected chi connectivity index (χ1v) is 7.54. The van der Waals surface area contributed by atoms with Crippen molar-refractivity contribution in [3.63, 3.8) is 0 Å². The van der Waals surface area contributed by atoms with Crippen LogP contribution in [0.15, 0.2) is 49.1 Å². The molecule has 3 heterocycles. The fourth-order valence-corrected chi connectivity index (χ4v) is 2.88. The van der Waals surface area contributed by atoms with Gasteiger partial charge in [-0.1, -0.05) is 12.1 Å². The molecule has 1 aliphatic rings. The van der Waals surface area contributed by atoms with Gasteiger partial charge >= 0.3 is 0 Å². The predicted molar refractivity (Wildman–Crippen MR) is 85.6 cm³/mol. The van der Waals surface area contributed by atoms with Crippen LogP contribution in [0.5, 0.6) is 0 Å². The quantitative estimate of drug-likeness (QED) is 0.734. The predicted octanol–water partition coefficient (Wildman–Crippen LogP) is 1.61. The van der Waals surface area contributed by atoms with Crippen molar-refractivity contribution in [1.82, 2.24) is 24.4 Å². The average Bonchev–Trinajstić information content (AvgIpc) is 3.00. The van der Waals surface area contributed by atoms with E-state index in [-0.39, 0.29) is 0 Å². The lowest BCUT2D eigenvalue weighted by Gasteiger charge is -2.34. The fraction of sp³-hybridized carbons (Fsp3) is 0.312. The summed E-state index contributed by atoms with van der Waals surface area (Å²) in [6.07, 6.45) is 5.52. The number of anilines is 1. The first-order valence-electron chi connectivity index (χ1n) is 7.54. The van der Waals surface area contributed by atoms with E-state index in [4.69, 9.17) is 0 Å². The van der Waals surface area contributed by atoms with Gasteiger partial charge in [0.05, 0.1) is 24.0 Å². The molecule has 22 heavy (non-hydrogen) atoms. The van der Waals surface area contributed by atoms with Crippen LogP contribution in [-0.4, -0.2) is 50.6 Å². The van der Waals surface area contributed by atoms with E-state index in [0.29, 0.717) is 0 Å². The molecule has 0 aliphatic carbocycles. The van der Waals surface area contributed by atoms with Crippen LogP contribution in [0.25, 0.3) is 11.0 Å². The average molecular weight is 294 g/mol. The summed E-state index contributed by atoms with van der Waals surface area (Å²) in [7, 11) is 0. The highest BCUT2D eigenvalue weighted by atomic mass is 15.3. The lowest BCUT2D eigenvalue weighted by molar-refractivity contribution is 0.208. The summed E-state index contributed by atoms with van der Waals surface area (Å²) in [5, 5.41) is 0. The van der Waals surface area contributed by atoms with Crippen LogP contribution >= 0.6 is 0 Å². The second-order valence-corrected chi connectivity index (χ2v) is 5.50. The number of rotatable bonds is 3. The molecule has 0 amide bonds. The molecule has 112 valence electrons. The van der Waals surface area contributed by atoms with Crippen molar-refractivity contribution < 1.29 is 0 Å². The highest BCUT2D eigenvalue weighted by Crippen LogP contribution is 2.14. The minimum atomic E-state index is 0.829. The number of para-hydroxylation sites is 2. The largest absolute Gasteiger partial charge is 0.338 e. The second-order valence-electron chi connectivity index (χ2n) is 5.50. The molecule has 0 N–H and O–H groups in total. The standard InChI is InChI=1S/C16H18N6/c1-2-5-15-14(4-1)19-12-22(15)13-20-8-10-21(11-9-20)16-17-6-3-7-18-16/h1-7,12H,8-11,13H2. The summed E-state index contributed by atoms with van der Waals surface area (Å²) in [4.78, 5) is 17.8. The number of aromatic nitrogens is 4. The molecule has 0 saturated carbocycles. The summed E-state index contributed by atoms with van der Waals surface area (Å²) in [5.41, 5.74) is 2.25. The van der Waals surface area contributed by atoms with Crippen LogP contribution in [0.4, 0.5) is 5.95 Å². The van der Waals surface area contributed by atoms with E-state index in [0.717, 1.165) is 44.3 Å². The molecule has 1 aromatic carbocycles. The van der Waals surface area contributed by atoms with Gasteiger partial charge in [-0.3, -0.25) is 4.90 Å². The summed E-state index contributed by atoms with van der Waals surface area (Å²) >= 11 is 0. The van der Waals surface area contributed by atoms with Crippen molar-refractivity contribution >= 4 is 17.0 Å². The van der Waals surface area contributed by atoms with E-state index in [1.807, 2.05) is 18.5 Å². The van der Waals surface area contributed by atoms with E-state index in [2.05, 4.69) is 47.5 Å². The van der Waals surface area contributed by atoms with E-state index in [9.17, 15) is 0 Å². The Labute approximate surface area is 129 Å². The molecule has 1 aliphatic heterocycles. The number of imidazole rings is 1. The van der Waals surface area contributed by atoms with Crippen molar-refractivity contribution in [1.29, 1.82) is 0 Å². The van der Waals surface area contributed by atoms with E-state index in [1.165, 1.54) is 5.52 Å². The minimum Gasteiger partial charge on any atom is -0.338 e. The van der Waals surface area contributed by atoms with Gasteiger partial charge in [0.25, 0.3) is 0 Å².